The maximum absolute atomic E-state index is 12.2. The van der Waals surface area contributed by atoms with Crippen molar-refractivity contribution in [2.75, 3.05) is 7.05 Å². The fourth-order valence-corrected chi connectivity index (χ4v) is 2.05. The van der Waals surface area contributed by atoms with Crippen LogP contribution in [0.3, 0.4) is 0 Å². The number of hydrogen-bond acceptors (Lipinski definition) is 4. The van der Waals surface area contributed by atoms with Gasteiger partial charge in [0.1, 0.15) is 11.5 Å². The molecule has 2 N–H and O–H groups in total. The van der Waals surface area contributed by atoms with Crippen molar-refractivity contribution in [1.82, 2.24) is 10.1 Å². The summed E-state index contributed by atoms with van der Waals surface area (Å²) in [5, 5.41) is 3.87. The Kier molecular flexibility index (Phi) is 6.39. The second-order valence-corrected chi connectivity index (χ2v) is 4.92. The molecule has 0 aliphatic rings. The van der Waals surface area contributed by atoms with Crippen LogP contribution in [0, 0.1) is 6.92 Å². The minimum absolute atomic E-state index is 0. The van der Waals surface area contributed by atoms with E-state index in [0.717, 1.165) is 17.0 Å². The molecule has 1 heterocycles. The average Bonchev–Trinajstić information content (AvgIpc) is 2.84. The number of nitrogens with two attached hydrogens (primary N) is 1. The maximum Gasteiger partial charge on any atom is 0.239 e. The van der Waals surface area contributed by atoms with Gasteiger partial charge in [-0.2, -0.15) is 0 Å². The van der Waals surface area contributed by atoms with Crippen molar-refractivity contribution < 1.29 is 9.32 Å². The van der Waals surface area contributed by atoms with Gasteiger partial charge in [0.25, 0.3) is 0 Å². The van der Waals surface area contributed by atoms with Gasteiger partial charge in [0, 0.05) is 13.1 Å². The molecule has 1 unspecified atom stereocenters. The molecule has 114 valence electrons. The molecule has 5 nitrogen and oxygen atoms in total. The van der Waals surface area contributed by atoms with Gasteiger partial charge in [-0.25, -0.2) is 0 Å². The van der Waals surface area contributed by atoms with Gasteiger partial charge in [0.2, 0.25) is 5.91 Å². The Morgan fingerprint density at radius 3 is 2.62 bits per heavy atom. The fraction of sp³-hybridized carbons (Fsp3) is 0.333. The van der Waals surface area contributed by atoms with Gasteiger partial charge in [0.05, 0.1) is 12.6 Å². The Bertz CT molecular complexity index is 571. The van der Waals surface area contributed by atoms with Crippen molar-refractivity contribution in [1.29, 1.82) is 0 Å². The van der Waals surface area contributed by atoms with Crippen LogP contribution in [-0.2, 0) is 17.8 Å². The topological polar surface area (TPSA) is 72.4 Å². The summed E-state index contributed by atoms with van der Waals surface area (Å²) in [4.78, 5) is 13.8. The number of amides is 1. The Morgan fingerprint density at radius 2 is 2.05 bits per heavy atom. The first-order chi connectivity index (χ1) is 9.56. The van der Waals surface area contributed by atoms with E-state index in [1.54, 1.807) is 11.9 Å². The first-order valence-corrected chi connectivity index (χ1v) is 6.53. The van der Waals surface area contributed by atoms with Crippen LogP contribution >= 0.6 is 12.4 Å². The molecule has 1 atom stereocenters. The average molecular weight is 310 g/mol. The van der Waals surface area contributed by atoms with E-state index in [2.05, 4.69) is 5.16 Å². The zero-order valence-electron chi connectivity index (χ0n) is 12.2. The SMILES string of the molecule is Cc1cc(CN(C)C(=O)C(N)Cc2ccccc2)no1.Cl. The molecule has 0 saturated heterocycles. The first kappa shape index (κ1) is 17.2. The van der Waals surface area contributed by atoms with Crippen molar-refractivity contribution in [2.45, 2.75) is 25.9 Å². The van der Waals surface area contributed by atoms with Crippen LogP contribution in [0.5, 0.6) is 0 Å². The van der Waals surface area contributed by atoms with E-state index in [4.69, 9.17) is 10.3 Å². The molecule has 2 aromatic rings. The predicted molar refractivity (Wildman–Crippen MR) is 83.1 cm³/mol. The smallest absolute Gasteiger partial charge is 0.239 e. The molecule has 0 radical (unpaired) electrons. The number of carbonyl (C=O) groups excluding carboxylic acids is 1. The van der Waals surface area contributed by atoms with Crippen LogP contribution in [0.2, 0.25) is 0 Å². The summed E-state index contributed by atoms with van der Waals surface area (Å²) in [5.74, 6) is 0.629. The third-order valence-electron chi connectivity index (χ3n) is 3.07. The van der Waals surface area contributed by atoms with Crippen molar-refractivity contribution in [3.8, 4) is 0 Å². The van der Waals surface area contributed by atoms with E-state index < -0.39 is 6.04 Å². The standard InChI is InChI=1S/C15H19N3O2.ClH/c1-11-8-13(17-20-11)10-18(2)15(19)14(16)9-12-6-4-3-5-7-12;/h3-8,14H,9-10,16H2,1-2H3;1H. The summed E-state index contributed by atoms with van der Waals surface area (Å²) in [6.07, 6.45) is 0.530. The minimum Gasteiger partial charge on any atom is -0.361 e. The van der Waals surface area contributed by atoms with Crippen LogP contribution in [0.15, 0.2) is 40.9 Å². The highest BCUT2D eigenvalue weighted by Crippen LogP contribution is 2.07. The molecule has 0 spiro atoms. The van der Waals surface area contributed by atoms with Gasteiger partial charge >= 0.3 is 0 Å². The van der Waals surface area contributed by atoms with Gasteiger partial charge in [0.15, 0.2) is 0 Å². The normalized spacial score (nSPS) is 11.6. The molecular formula is C15H20ClN3O2. The summed E-state index contributed by atoms with van der Waals surface area (Å²) in [7, 11) is 1.72. The molecule has 0 aliphatic heterocycles. The minimum atomic E-state index is -0.546. The van der Waals surface area contributed by atoms with Crippen LogP contribution < -0.4 is 5.73 Å². The fourth-order valence-electron chi connectivity index (χ4n) is 2.05. The Balaban J connectivity index is 0.00000220. The molecule has 1 amide bonds. The van der Waals surface area contributed by atoms with Gasteiger partial charge in [-0.15, -0.1) is 12.4 Å². The van der Waals surface area contributed by atoms with E-state index in [-0.39, 0.29) is 18.3 Å². The number of carbonyl (C=O) groups is 1. The second kappa shape index (κ2) is 7.81. The summed E-state index contributed by atoms with van der Waals surface area (Å²) >= 11 is 0. The first-order valence-electron chi connectivity index (χ1n) is 6.53. The molecule has 6 heteroatoms. The predicted octanol–water partition coefficient (Wildman–Crippen LogP) is 1.93. The van der Waals surface area contributed by atoms with Gasteiger partial charge < -0.3 is 15.2 Å². The molecule has 1 aromatic carbocycles. The van der Waals surface area contributed by atoms with E-state index >= 15 is 0 Å². The Morgan fingerprint density at radius 1 is 1.38 bits per heavy atom. The van der Waals surface area contributed by atoms with Crippen LogP contribution in [0.25, 0.3) is 0 Å². The quantitative estimate of drug-likeness (QED) is 0.916. The van der Waals surface area contributed by atoms with Crippen molar-refractivity contribution in [3.63, 3.8) is 0 Å². The number of hydrogen-bond donors (Lipinski definition) is 1. The lowest BCUT2D eigenvalue weighted by atomic mass is 10.1. The number of aryl methyl sites for hydroxylation is 1. The van der Waals surface area contributed by atoms with E-state index in [0.29, 0.717) is 13.0 Å². The lowest BCUT2D eigenvalue weighted by molar-refractivity contribution is -0.131. The van der Waals surface area contributed by atoms with E-state index in [9.17, 15) is 4.79 Å². The van der Waals surface area contributed by atoms with Gasteiger partial charge in [-0.05, 0) is 18.9 Å². The third-order valence-corrected chi connectivity index (χ3v) is 3.07. The zero-order valence-corrected chi connectivity index (χ0v) is 13.0. The molecule has 1 aromatic heterocycles. The third kappa shape index (κ3) is 4.88. The zero-order chi connectivity index (χ0) is 14.5. The molecule has 0 saturated carbocycles. The van der Waals surface area contributed by atoms with Crippen LogP contribution in [-0.4, -0.2) is 29.1 Å². The van der Waals surface area contributed by atoms with Crippen LogP contribution in [0.1, 0.15) is 17.0 Å². The van der Waals surface area contributed by atoms with Crippen molar-refractivity contribution in [2.24, 2.45) is 5.73 Å². The van der Waals surface area contributed by atoms with Gasteiger partial charge in [-0.1, -0.05) is 35.5 Å². The number of likely N-dealkylation sites (N-methyl/N-ethyl adjacent to an activating group) is 1. The number of aromatic nitrogens is 1. The highest BCUT2D eigenvalue weighted by atomic mass is 35.5. The second-order valence-electron chi connectivity index (χ2n) is 4.92. The summed E-state index contributed by atoms with van der Waals surface area (Å²) in [6, 6.07) is 11.0. The van der Waals surface area contributed by atoms with E-state index in [1.165, 1.54) is 0 Å². The van der Waals surface area contributed by atoms with Gasteiger partial charge in [-0.3, -0.25) is 4.79 Å². The van der Waals surface area contributed by atoms with Crippen LogP contribution in [0.4, 0.5) is 0 Å². The monoisotopic (exact) mass is 309 g/mol. The number of benzene rings is 1. The number of nitrogens with zero attached hydrogens (tertiary/aromatic N) is 2. The highest BCUT2D eigenvalue weighted by Gasteiger charge is 2.19. The van der Waals surface area contributed by atoms with E-state index in [1.807, 2.05) is 43.3 Å². The molecular weight excluding hydrogens is 290 g/mol. The number of halogens is 1. The lowest BCUT2D eigenvalue weighted by Crippen LogP contribution is -2.42. The van der Waals surface area contributed by atoms with Crippen molar-refractivity contribution >= 4 is 18.3 Å². The van der Waals surface area contributed by atoms with Crippen molar-refractivity contribution in [3.05, 3.63) is 53.4 Å². The molecule has 0 fully saturated rings. The largest absolute Gasteiger partial charge is 0.361 e. The number of rotatable bonds is 5. The molecule has 0 aliphatic carbocycles. The Labute approximate surface area is 130 Å². The molecule has 0 bridgehead atoms. The lowest BCUT2D eigenvalue weighted by Gasteiger charge is -2.20. The molecule has 21 heavy (non-hydrogen) atoms. The summed E-state index contributed by atoms with van der Waals surface area (Å²) in [5.41, 5.74) is 7.76. The highest BCUT2D eigenvalue weighted by molar-refractivity contribution is 5.85. The summed E-state index contributed by atoms with van der Waals surface area (Å²) < 4.78 is 4.98. The maximum atomic E-state index is 12.2. The summed E-state index contributed by atoms with van der Waals surface area (Å²) in [6.45, 7) is 2.22. The Hall–Kier alpha value is -1.85. The molecule has 2 rings (SSSR count).